The van der Waals surface area contributed by atoms with Gasteiger partial charge in [-0.25, -0.2) is 5.43 Å². The van der Waals surface area contributed by atoms with Crippen molar-refractivity contribution in [3.8, 4) is 0 Å². The Balaban J connectivity index is 1.58. The van der Waals surface area contributed by atoms with Crippen LogP contribution in [0.15, 0.2) is 58.9 Å². The summed E-state index contributed by atoms with van der Waals surface area (Å²) in [6, 6.07) is 11.2. The number of aromatic nitrogens is 1. The van der Waals surface area contributed by atoms with Crippen molar-refractivity contribution in [3.05, 3.63) is 59.9 Å². The number of hydrogen-bond acceptors (Lipinski definition) is 6. The largest absolute Gasteiger partial charge is 0.335 e. The average molecular weight is 367 g/mol. The van der Waals surface area contributed by atoms with E-state index in [9.17, 15) is 4.79 Å². The first-order valence-electron chi connectivity index (χ1n) is 8.49. The molecule has 1 atom stereocenters. The van der Waals surface area contributed by atoms with Gasteiger partial charge in [-0.15, -0.1) is 0 Å². The first-order valence-corrected chi connectivity index (χ1v) is 9.37. The third kappa shape index (κ3) is 4.70. The van der Waals surface area contributed by atoms with E-state index in [1.54, 1.807) is 36.3 Å². The molecular formula is C19H21N5OS. The Morgan fingerprint density at radius 3 is 2.58 bits per heavy atom. The molecule has 2 aromatic rings. The average Bonchev–Trinajstić information content (AvgIpc) is 3.14. The number of nitrogens with zero attached hydrogens (tertiary/aromatic N) is 3. The van der Waals surface area contributed by atoms with Crippen molar-refractivity contribution < 1.29 is 4.79 Å². The van der Waals surface area contributed by atoms with Gasteiger partial charge in [0.15, 0.2) is 5.17 Å². The van der Waals surface area contributed by atoms with Gasteiger partial charge >= 0.3 is 0 Å². The highest BCUT2D eigenvalue weighted by molar-refractivity contribution is 8.15. The lowest BCUT2D eigenvalue weighted by atomic mass is 10.1. The zero-order valence-corrected chi connectivity index (χ0v) is 15.6. The molecule has 26 heavy (non-hydrogen) atoms. The molecule has 1 aromatic heterocycles. The maximum absolute atomic E-state index is 12.0. The first kappa shape index (κ1) is 18.1. The molecule has 1 aliphatic heterocycles. The third-order valence-electron chi connectivity index (χ3n) is 3.99. The van der Waals surface area contributed by atoms with Gasteiger partial charge in [0.25, 0.3) is 5.91 Å². The van der Waals surface area contributed by atoms with Crippen molar-refractivity contribution in [1.29, 1.82) is 0 Å². The SMILES string of the molecule is CC[C@H]1CN=C(Nc2ccc(/C(C)=N\NC(=O)c3ccncc3)cc2)S1. The van der Waals surface area contributed by atoms with Crippen LogP contribution in [0.3, 0.4) is 0 Å². The van der Waals surface area contributed by atoms with Crippen molar-refractivity contribution in [3.63, 3.8) is 0 Å². The van der Waals surface area contributed by atoms with Crippen LogP contribution in [0.2, 0.25) is 0 Å². The van der Waals surface area contributed by atoms with Crippen molar-refractivity contribution >= 4 is 34.2 Å². The molecule has 3 rings (SSSR count). The minimum Gasteiger partial charge on any atom is -0.335 e. The fourth-order valence-electron chi connectivity index (χ4n) is 2.38. The summed E-state index contributed by atoms with van der Waals surface area (Å²) in [5.41, 5.74) is 5.76. The van der Waals surface area contributed by atoms with Gasteiger partial charge in [0.05, 0.1) is 12.3 Å². The highest BCUT2D eigenvalue weighted by Crippen LogP contribution is 2.24. The summed E-state index contributed by atoms with van der Waals surface area (Å²) in [5.74, 6) is -0.258. The molecule has 1 amide bonds. The summed E-state index contributed by atoms with van der Waals surface area (Å²) >= 11 is 1.79. The van der Waals surface area contributed by atoms with Crippen molar-refractivity contribution in [2.24, 2.45) is 10.1 Å². The zero-order chi connectivity index (χ0) is 18.4. The Bertz CT molecular complexity index is 818. The second-order valence-electron chi connectivity index (χ2n) is 5.87. The molecule has 0 aliphatic carbocycles. The molecule has 0 spiro atoms. The molecule has 2 N–H and O–H groups in total. The molecule has 0 bridgehead atoms. The molecule has 0 fully saturated rings. The van der Waals surface area contributed by atoms with Gasteiger partial charge in [-0.3, -0.25) is 14.8 Å². The smallest absolute Gasteiger partial charge is 0.271 e. The number of carbonyl (C=O) groups is 1. The molecule has 6 nitrogen and oxygen atoms in total. The van der Waals surface area contributed by atoms with Gasteiger partial charge in [0.2, 0.25) is 0 Å². The topological polar surface area (TPSA) is 78.7 Å². The Morgan fingerprint density at radius 2 is 1.92 bits per heavy atom. The number of aliphatic imine (C=N–C) groups is 1. The highest BCUT2D eigenvalue weighted by Gasteiger charge is 2.17. The van der Waals surface area contributed by atoms with Crippen LogP contribution in [-0.2, 0) is 0 Å². The first-order chi connectivity index (χ1) is 12.7. The zero-order valence-electron chi connectivity index (χ0n) is 14.8. The van der Waals surface area contributed by atoms with E-state index in [4.69, 9.17) is 0 Å². The van der Waals surface area contributed by atoms with Gasteiger partial charge in [0, 0.05) is 28.9 Å². The lowest BCUT2D eigenvalue weighted by Gasteiger charge is -2.08. The van der Waals surface area contributed by atoms with E-state index in [2.05, 4.69) is 32.7 Å². The van der Waals surface area contributed by atoms with E-state index in [0.29, 0.717) is 10.8 Å². The van der Waals surface area contributed by atoms with Crippen LogP contribution in [0.25, 0.3) is 0 Å². The number of thioether (sulfide) groups is 1. The molecule has 2 heterocycles. The van der Waals surface area contributed by atoms with Gasteiger partial charge in [-0.05, 0) is 43.2 Å². The molecule has 0 radical (unpaired) electrons. The molecule has 134 valence electrons. The van der Waals surface area contributed by atoms with Crippen LogP contribution >= 0.6 is 11.8 Å². The monoisotopic (exact) mass is 367 g/mol. The highest BCUT2D eigenvalue weighted by atomic mass is 32.2. The van der Waals surface area contributed by atoms with Gasteiger partial charge in [-0.2, -0.15) is 5.10 Å². The number of amides is 1. The number of pyridine rings is 1. The van der Waals surface area contributed by atoms with Gasteiger partial charge in [-0.1, -0.05) is 30.8 Å². The summed E-state index contributed by atoms with van der Waals surface area (Å²) in [6.07, 6.45) is 4.28. The van der Waals surface area contributed by atoms with E-state index in [1.807, 2.05) is 31.2 Å². The summed E-state index contributed by atoms with van der Waals surface area (Å²) in [4.78, 5) is 20.4. The standard InChI is InChI=1S/C19H21N5OS/c1-3-17-12-21-19(26-17)22-16-6-4-14(5-7-16)13(2)23-24-18(25)15-8-10-20-11-9-15/h4-11,17H,3,12H2,1-2H3,(H,21,22)(H,24,25)/b23-13-/t17-/m0/s1. The number of anilines is 1. The van der Waals surface area contributed by atoms with Crippen LogP contribution in [0, 0.1) is 0 Å². The number of hydrogen-bond donors (Lipinski definition) is 2. The quantitative estimate of drug-likeness (QED) is 0.626. The predicted octanol–water partition coefficient (Wildman–Crippen LogP) is 3.53. The molecule has 0 unspecified atom stereocenters. The van der Waals surface area contributed by atoms with Crippen LogP contribution in [0.1, 0.15) is 36.2 Å². The summed E-state index contributed by atoms with van der Waals surface area (Å²) in [7, 11) is 0. The number of hydrazone groups is 1. The predicted molar refractivity (Wildman–Crippen MR) is 108 cm³/mol. The lowest BCUT2D eigenvalue weighted by molar-refractivity contribution is 0.0954. The van der Waals surface area contributed by atoms with Gasteiger partial charge in [0.1, 0.15) is 0 Å². The van der Waals surface area contributed by atoms with Crippen molar-refractivity contribution in [2.75, 3.05) is 11.9 Å². The maximum atomic E-state index is 12.0. The molecular weight excluding hydrogens is 346 g/mol. The van der Waals surface area contributed by atoms with E-state index < -0.39 is 0 Å². The van der Waals surface area contributed by atoms with Crippen LogP contribution < -0.4 is 10.7 Å². The number of benzene rings is 1. The Labute approximate surface area is 157 Å². The maximum Gasteiger partial charge on any atom is 0.271 e. The number of amidine groups is 1. The summed E-state index contributed by atoms with van der Waals surface area (Å²) in [6.45, 7) is 4.92. The Morgan fingerprint density at radius 1 is 1.19 bits per heavy atom. The summed E-state index contributed by atoms with van der Waals surface area (Å²) in [5, 5.41) is 9.06. The van der Waals surface area contributed by atoms with Crippen LogP contribution in [-0.4, -0.2) is 33.6 Å². The van der Waals surface area contributed by atoms with E-state index in [-0.39, 0.29) is 5.91 Å². The number of rotatable bonds is 5. The Hall–Kier alpha value is -2.67. The Kier molecular flexibility index (Phi) is 6.01. The normalized spacial score (nSPS) is 16.9. The molecule has 0 saturated carbocycles. The molecule has 1 aliphatic rings. The van der Waals surface area contributed by atoms with E-state index in [1.165, 1.54) is 0 Å². The third-order valence-corrected chi connectivity index (χ3v) is 5.26. The second-order valence-corrected chi connectivity index (χ2v) is 7.16. The fourth-order valence-corrected chi connectivity index (χ4v) is 3.34. The van der Waals surface area contributed by atoms with Crippen molar-refractivity contribution in [1.82, 2.24) is 10.4 Å². The summed E-state index contributed by atoms with van der Waals surface area (Å²) < 4.78 is 0. The number of nitrogens with one attached hydrogen (secondary N) is 2. The number of carbonyl (C=O) groups excluding carboxylic acids is 1. The lowest BCUT2D eigenvalue weighted by Crippen LogP contribution is -2.19. The fraction of sp³-hybridized carbons (Fsp3) is 0.263. The van der Waals surface area contributed by atoms with Crippen LogP contribution in [0.4, 0.5) is 5.69 Å². The second kappa shape index (κ2) is 8.62. The minimum atomic E-state index is -0.258. The van der Waals surface area contributed by atoms with E-state index in [0.717, 1.165) is 35.1 Å². The van der Waals surface area contributed by atoms with Crippen molar-refractivity contribution in [2.45, 2.75) is 25.5 Å². The molecule has 7 heteroatoms. The molecule has 0 saturated heterocycles. The molecule has 1 aromatic carbocycles. The van der Waals surface area contributed by atoms with Gasteiger partial charge < -0.3 is 5.32 Å². The minimum absolute atomic E-state index is 0.258. The van der Waals surface area contributed by atoms with Crippen LogP contribution in [0.5, 0.6) is 0 Å². The van der Waals surface area contributed by atoms with E-state index >= 15 is 0 Å².